The zero-order valence-corrected chi connectivity index (χ0v) is 13.8. The van der Waals surface area contributed by atoms with E-state index in [0.717, 1.165) is 23.3 Å². The molecule has 1 saturated carbocycles. The van der Waals surface area contributed by atoms with Crippen molar-refractivity contribution in [2.45, 2.75) is 59.5 Å². The van der Waals surface area contributed by atoms with Crippen molar-refractivity contribution in [1.82, 2.24) is 0 Å². The van der Waals surface area contributed by atoms with Gasteiger partial charge in [-0.2, -0.15) is 0 Å². The Kier molecular flexibility index (Phi) is 3.66. The Morgan fingerprint density at radius 3 is 2.91 bits per heavy atom. The lowest BCUT2D eigenvalue weighted by Crippen LogP contribution is -2.51. The third-order valence-electron chi connectivity index (χ3n) is 5.88. The van der Waals surface area contributed by atoms with E-state index in [1.807, 2.05) is 6.92 Å². The van der Waals surface area contributed by atoms with Gasteiger partial charge in [-0.3, -0.25) is 9.59 Å². The Balaban J connectivity index is 2.13. The number of hydrogen-bond donors (Lipinski definition) is 0. The highest BCUT2D eigenvalue weighted by molar-refractivity contribution is 5.84. The molecule has 0 bridgehead atoms. The number of carbonyl (C=O) groups is 2. The first kappa shape index (κ1) is 15.3. The number of furan rings is 1. The molecule has 4 heteroatoms. The number of esters is 1. The summed E-state index contributed by atoms with van der Waals surface area (Å²) < 4.78 is 11.5. The molecule has 1 aromatic heterocycles. The average Bonchev–Trinajstić information content (AvgIpc) is 2.86. The van der Waals surface area contributed by atoms with Crippen LogP contribution in [0.3, 0.4) is 0 Å². The number of Topliss-reactive ketones (excluding diaryl/α,β-unsaturated/α-hetero) is 1. The highest BCUT2D eigenvalue weighted by Gasteiger charge is 2.57. The molecule has 0 radical (unpaired) electrons. The van der Waals surface area contributed by atoms with Gasteiger partial charge in [-0.05, 0) is 24.8 Å². The number of ether oxygens (including phenoxy) is 1. The van der Waals surface area contributed by atoms with Crippen LogP contribution in [0.1, 0.15) is 63.0 Å². The molecule has 22 heavy (non-hydrogen) atoms. The smallest absolute Gasteiger partial charge is 0.306 e. The third kappa shape index (κ3) is 2.03. The summed E-state index contributed by atoms with van der Waals surface area (Å²) in [6.07, 6.45) is 3.78. The van der Waals surface area contributed by atoms with E-state index >= 15 is 0 Å². The van der Waals surface area contributed by atoms with Gasteiger partial charge in [0.1, 0.15) is 17.6 Å². The van der Waals surface area contributed by atoms with Crippen molar-refractivity contribution in [2.24, 2.45) is 17.3 Å². The lowest BCUT2D eigenvalue weighted by molar-refractivity contribution is -0.172. The normalized spacial score (nSPS) is 34.0. The van der Waals surface area contributed by atoms with Crippen LogP contribution in [-0.4, -0.2) is 11.8 Å². The average molecular weight is 304 g/mol. The van der Waals surface area contributed by atoms with E-state index in [1.165, 1.54) is 0 Å². The molecular formula is C18H24O4. The van der Waals surface area contributed by atoms with Crippen molar-refractivity contribution in [3.8, 4) is 0 Å². The predicted molar refractivity (Wildman–Crippen MR) is 81.3 cm³/mol. The maximum atomic E-state index is 12.5. The van der Waals surface area contributed by atoms with Crippen LogP contribution in [0.25, 0.3) is 0 Å². The molecule has 1 aromatic rings. The van der Waals surface area contributed by atoms with Gasteiger partial charge < -0.3 is 9.15 Å². The van der Waals surface area contributed by atoms with Crippen LogP contribution >= 0.6 is 0 Å². The fourth-order valence-electron chi connectivity index (χ4n) is 4.22. The zero-order valence-electron chi connectivity index (χ0n) is 13.8. The van der Waals surface area contributed by atoms with Gasteiger partial charge in [0.2, 0.25) is 0 Å². The minimum Gasteiger partial charge on any atom is -0.469 e. The van der Waals surface area contributed by atoms with Gasteiger partial charge in [-0.1, -0.05) is 20.8 Å². The number of hydrogen-bond acceptors (Lipinski definition) is 4. The van der Waals surface area contributed by atoms with Gasteiger partial charge >= 0.3 is 5.97 Å². The molecule has 4 atom stereocenters. The van der Waals surface area contributed by atoms with E-state index in [1.54, 1.807) is 13.2 Å². The van der Waals surface area contributed by atoms with Gasteiger partial charge in [0.25, 0.3) is 0 Å². The largest absolute Gasteiger partial charge is 0.469 e. The van der Waals surface area contributed by atoms with Crippen LogP contribution < -0.4 is 0 Å². The highest BCUT2D eigenvalue weighted by atomic mass is 16.5. The SMILES string of the molecule is CCC(=O)OC1c2c(C)coc2CC2C(=O)CCC(C)C21C. The first-order valence-corrected chi connectivity index (χ1v) is 8.18. The third-order valence-corrected chi connectivity index (χ3v) is 5.88. The minimum absolute atomic E-state index is 0.121. The number of fused-ring (bicyclic) bond motifs is 2. The summed E-state index contributed by atoms with van der Waals surface area (Å²) in [5.41, 5.74) is 1.65. The lowest BCUT2D eigenvalue weighted by atomic mass is 9.54. The Bertz CT molecular complexity index is 615. The summed E-state index contributed by atoms with van der Waals surface area (Å²) in [6.45, 7) is 8.06. The summed E-state index contributed by atoms with van der Waals surface area (Å²) >= 11 is 0. The van der Waals surface area contributed by atoms with Crippen LogP contribution in [0, 0.1) is 24.2 Å². The molecule has 0 aliphatic heterocycles. The fourth-order valence-corrected chi connectivity index (χ4v) is 4.22. The van der Waals surface area contributed by atoms with Crippen molar-refractivity contribution in [3.63, 3.8) is 0 Å². The first-order valence-electron chi connectivity index (χ1n) is 8.18. The highest BCUT2D eigenvalue weighted by Crippen LogP contribution is 2.58. The molecule has 2 aliphatic rings. The molecule has 4 nitrogen and oxygen atoms in total. The zero-order chi connectivity index (χ0) is 16.1. The van der Waals surface area contributed by atoms with E-state index in [2.05, 4.69) is 13.8 Å². The van der Waals surface area contributed by atoms with E-state index in [9.17, 15) is 9.59 Å². The lowest BCUT2D eigenvalue weighted by Gasteiger charge is -2.51. The monoisotopic (exact) mass is 304 g/mol. The maximum Gasteiger partial charge on any atom is 0.306 e. The summed E-state index contributed by atoms with van der Waals surface area (Å²) in [4.78, 5) is 24.5. The summed E-state index contributed by atoms with van der Waals surface area (Å²) in [7, 11) is 0. The topological polar surface area (TPSA) is 56.5 Å². The van der Waals surface area contributed by atoms with Crippen molar-refractivity contribution in [2.75, 3.05) is 0 Å². The number of rotatable bonds is 2. The number of ketones is 1. The van der Waals surface area contributed by atoms with Gasteiger partial charge in [0.15, 0.2) is 0 Å². The Morgan fingerprint density at radius 2 is 2.23 bits per heavy atom. The fraction of sp³-hybridized carbons (Fsp3) is 0.667. The molecule has 0 N–H and O–H groups in total. The van der Waals surface area contributed by atoms with Gasteiger partial charge in [0.05, 0.1) is 6.26 Å². The predicted octanol–water partition coefficient (Wildman–Crippen LogP) is 3.76. The van der Waals surface area contributed by atoms with Crippen molar-refractivity contribution >= 4 is 11.8 Å². The van der Waals surface area contributed by atoms with Gasteiger partial charge in [-0.15, -0.1) is 0 Å². The molecule has 1 fully saturated rings. The summed E-state index contributed by atoms with van der Waals surface area (Å²) in [5.74, 6) is 1.08. The first-order chi connectivity index (χ1) is 10.4. The summed E-state index contributed by atoms with van der Waals surface area (Å²) in [6, 6.07) is 0. The molecular weight excluding hydrogens is 280 g/mol. The molecule has 2 aliphatic carbocycles. The Labute approximate surface area is 131 Å². The van der Waals surface area contributed by atoms with Crippen LogP contribution in [0.15, 0.2) is 10.7 Å². The van der Waals surface area contributed by atoms with Gasteiger partial charge in [-0.25, -0.2) is 0 Å². The summed E-state index contributed by atoms with van der Waals surface area (Å²) in [5, 5.41) is 0. The molecule has 0 spiro atoms. The molecule has 0 saturated heterocycles. The van der Waals surface area contributed by atoms with Crippen molar-refractivity contribution in [3.05, 3.63) is 23.2 Å². The van der Waals surface area contributed by atoms with Crippen molar-refractivity contribution in [1.29, 1.82) is 0 Å². The van der Waals surface area contributed by atoms with E-state index in [4.69, 9.17) is 9.15 Å². The molecule has 0 amide bonds. The van der Waals surface area contributed by atoms with E-state index < -0.39 is 0 Å². The standard InChI is InChI=1S/C18H24O4/c1-5-15(20)22-17-16-10(2)9-21-14(16)8-12-13(19)7-6-11(3)18(12,17)4/h9,11-12,17H,5-8H2,1-4H3. The second kappa shape index (κ2) is 5.25. The van der Waals surface area contributed by atoms with Crippen LogP contribution in [0.5, 0.6) is 0 Å². The Hall–Kier alpha value is -1.58. The molecule has 1 heterocycles. The van der Waals surface area contributed by atoms with E-state index in [0.29, 0.717) is 25.2 Å². The molecule has 0 aromatic carbocycles. The maximum absolute atomic E-state index is 12.5. The van der Waals surface area contributed by atoms with Gasteiger partial charge in [0, 0.05) is 36.2 Å². The Morgan fingerprint density at radius 1 is 1.50 bits per heavy atom. The minimum atomic E-state index is -0.383. The van der Waals surface area contributed by atoms with Crippen molar-refractivity contribution < 1.29 is 18.7 Å². The molecule has 120 valence electrons. The quantitative estimate of drug-likeness (QED) is 0.781. The number of aryl methyl sites for hydroxylation is 1. The van der Waals surface area contributed by atoms with Crippen LogP contribution in [0.4, 0.5) is 0 Å². The molecule has 4 unspecified atom stereocenters. The molecule has 3 rings (SSSR count). The second-order valence-electron chi connectivity index (χ2n) is 7.01. The second-order valence-corrected chi connectivity index (χ2v) is 7.01. The van der Waals surface area contributed by atoms with Crippen LogP contribution in [0.2, 0.25) is 0 Å². The number of carbonyl (C=O) groups excluding carboxylic acids is 2. The van der Waals surface area contributed by atoms with Crippen LogP contribution in [-0.2, 0) is 20.7 Å². The van der Waals surface area contributed by atoms with E-state index in [-0.39, 0.29) is 29.2 Å².